The molecule has 0 spiro atoms. The fraction of sp³-hybridized carbons (Fsp3) is 0.111. The summed E-state index contributed by atoms with van der Waals surface area (Å²) < 4.78 is 13.8. The molecule has 2 aromatic carbocycles. The Bertz CT molecular complexity index is 884. The predicted molar refractivity (Wildman–Crippen MR) is 101 cm³/mol. The second kappa shape index (κ2) is 7.21. The smallest absolute Gasteiger partial charge is 0.255 e. The lowest BCUT2D eigenvalue weighted by molar-refractivity contribution is -0.113. The second-order valence-electron chi connectivity index (χ2n) is 5.56. The number of carbonyl (C=O) groups is 1. The molecule has 3 rings (SSSR count). The molecule has 0 fully saturated rings. The molecule has 25 heavy (non-hydrogen) atoms. The topological polar surface area (TPSA) is 53.2 Å². The molecule has 1 atom stereocenters. The van der Waals surface area contributed by atoms with Gasteiger partial charge in [0.15, 0.2) is 5.11 Å². The van der Waals surface area contributed by atoms with E-state index in [2.05, 4.69) is 16.0 Å². The van der Waals surface area contributed by atoms with Gasteiger partial charge in [0.25, 0.3) is 5.91 Å². The highest BCUT2D eigenvalue weighted by molar-refractivity contribution is 7.80. The highest BCUT2D eigenvalue weighted by Gasteiger charge is 2.30. The van der Waals surface area contributed by atoms with Crippen molar-refractivity contribution in [3.8, 4) is 0 Å². The number of benzene rings is 2. The number of hydrogen-bond donors (Lipinski definition) is 3. The molecule has 0 saturated heterocycles. The van der Waals surface area contributed by atoms with Crippen LogP contribution in [0.5, 0.6) is 0 Å². The Morgan fingerprint density at radius 1 is 1.24 bits per heavy atom. The highest BCUT2D eigenvalue weighted by Crippen LogP contribution is 2.29. The third kappa shape index (κ3) is 3.81. The molecular weight excluding hydrogens is 361 g/mol. The van der Waals surface area contributed by atoms with Crippen molar-refractivity contribution in [2.75, 3.05) is 5.32 Å². The normalized spacial score (nSPS) is 16.9. The summed E-state index contributed by atoms with van der Waals surface area (Å²) >= 11 is 11.3. The Morgan fingerprint density at radius 2 is 2.00 bits per heavy atom. The maximum atomic E-state index is 13.8. The Morgan fingerprint density at radius 3 is 2.72 bits per heavy atom. The van der Waals surface area contributed by atoms with E-state index in [1.165, 1.54) is 12.1 Å². The fourth-order valence-corrected chi connectivity index (χ4v) is 3.15. The van der Waals surface area contributed by atoms with E-state index in [1.54, 1.807) is 37.3 Å². The van der Waals surface area contributed by atoms with E-state index >= 15 is 0 Å². The van der Waals surface area contributed by atoms with Crippen LogP contribution in [0.2, 0.25) is 5.02 Å². The van der Waals surface area contributed by atoms with Crippen molar-refractivity contribution in [1.82, 2.24) is 10.6 Å². The van der Waals surface area contributed by atoms with Crippen molar-refractivity contribution in [2.45, 2.75) is 13.0 Å². The van der Waals surface area contributed by atoms with E-state index in [0.717, 1.165) is 5.56 Å². The first-order valence-corrected chi connectivity index (χ1v) is 8.34. The maximum absolute atomic E-state index is 13.8. The molecule has 1 aliphatic heterocycles. The van der Waals surface area contributed by atoms with Crippen LogP contribution >= 0.6 is 23.8 Å². The van der Waals surface area contributed by atoms with Crippen LogP contribution in [0.15, 0.2) is 59.8 Å². The molecule has 7 heteroatoms. The van der Waals surface area contributed by atoms with Gasteiger partial charge in [0.2, 0.25) is 0 Å². The van der Waals surface area contributed by atoms with Crippen molar-refractivity contribution in [3.05, 3.63) is 76.2 Å². The molecule has 0 saturated carbocycles. The monoisotopic (exact) mass is 375 g/mol. The van der Waals surface area contributed by atoms with Crippen molar-refractivity contribution in [3.63, 3.8) is 0 Å². The quantitative estimate of drug-likeness (QED) is 0.712. The number of carbonyl (C=O) groups excluding carboxylic acids is 1. The molecule has 0 aromatic heterocycles. The maximum Gasteiger partial charge on any atom is 0.255 e. The van der Waals surface area contributed by atoms with E-state index < -0.39 is 17.8 Å². The summed E-state index contributed by atoms with van der Waals surface area (Å²) in [7, 11) is 0. The molecule has 4 nitrogen and oxygen atoms in total. The lowest BCUT2D eigenvalue weighted by Gasteiger charge is -2.30. The lowest BCUT2D eigenvalue weighted by atomic mass is 9.95. The highest BCUT2D eigenvalue weighted by atomic mass is 35.5. The van der Waals surface area contributed by atoms with Crippen LogP contribution in [-0.2, 0) is 4.79 Å². The van der Waals surface area contributed by atoms with Gasteiger partial charge in [-0.15, -0.1) is 0 Å². The summed E-state index contributed by atoms with van der Waals surface area (Å²) in [5, 5.41) is 9.58. The average molecular weight is 376 g/mol. The molecule has 1 amide bonds. The molecule has 128 valence electrons. The molecule has 0 radical (unpaired) electrons. The number of nitrogens with one attached hydrogen (secondary N) is 3. The van der Waals surface area contributed by atoms with Crippen LogP contribution in [0.4, 0.5) is 10.1 Å². The average Bonchev–Trinajstić information content (AvgIpc) is 2.56. The van der Waals surface area contributed by atoms with Crippen molar-refractivity contribution in [1.29, 1.82) is 0 Å². The number of anilines is 1. The van der Waals surface area contributed by atoms with E-state index in [4.69, 9.17) is 23.8 Å². The van der Waals surface area contributed by atoms with Gasteiger partial charge in [-0.1, -0.05) is 35.9 Å². The Labute approximate surface area is 155 Å². The predicted octanol–water partition coefficient (Wildman–Crippen LogP) is 3.91. The van der Waals surface area contributed by atoms with Gasteiger partial charge in [0.1, 0.15) is 5.82 Å². The number of allylic oxidation sites excluding steroid dienone is 1. The molecule has 0 aliphatic carbocycles. The first-order chi connectivity index (χ1) is 12.0. The minimum atomic E-state index is -0.499. The summed E-state index contributed by atoms with van der Waals surface area (Å²) in [6.45, 7) is 1.75. The van der Waals surface area contributed by atoms with Gasteiger partial charge >= 0.3 is 0 Å². The van der Waals surface area contributed by atoms with Gasteiger partial charge in [-0.2, -0.15) is 0 Å². The molecule has 0 bridgehead atoms. The van der Waals surface area contributed by atoms with Gasteiger partial charge in [-0.05, 0) is 49.0 Å². The first-order valence-electron chi connectivity index (χ1n) is 7.55. The fourth-order valence-electron chi connectivity index (χ4n) is 2.68. The standard InChI is InChI=1S/C18H15ClFN3OS/c1-10-15(17(24)22-14-8-3-2-7-13(14)20)16(23-18(25)21-10)11-5-4-6-12(19)9-11/h2-9,16H,1H3,(H,22,24)(H2,21,23,25). The zero-order chi connectivity index (χ0) is 18.0. The van der Waals surface area contributed by atoms with Crippen molar-refractivity contribution >= 4 is 40.5 Å². The Hall–Kier alpha value is -2.44. The summed E-state index contributed by atoms with van der Waals surface area (Å²) in [4.78, 5) is 12.8. The van der Waals surface area contributed by atoms with Crippen LogP contribution in [0.1, 0.15) is 18.5 Å². The minimum Gasteiger partial charge on any atom is -0.351 e. The summed E-state index contributed by atoms with van der Waals surface area (Å²) in [6, 6.07) is 12.7. The number of halogens is 2. The van der Waals surface area contributed by atoms with Gasteiger partial charge < -0.3 is 16.0 Å². The van der Waals surface area contributed by atoms with Crippen LogP contribution in [0.3, 0.4) is 0 Å². The minimum absolute atomic E-state index is 0.116. The third-order valence-electron chi connectivity index (χ3n) is 3.82. The summed E-state index contributed by atoms with van der Waals surface area (Å²) in [5.41, 5.74) is 1.92. The number of thiocarbonyl (C=S) groups is 1. The second-order valence-corrected chi connectivity index (χ2v) is 6.40. The molecule has 1 heterocycles. The Kier molecular flexibility index (Phi) is 5.01. The molecule has 3 N–H and O–H groups in total. The van der Waals surface area contributed by atoms with Crippen LogP contribution in [-0.4, -0.2) is 11.0 Å². The van der Waals surface area contributed by atoms with Gasteiger partial charge in [0, 0.05) is 10.7 Å². The zero-order valence-electron chi connectivity index (χ0n) is 13.3. The van der Waals surface area contributed by atoms with E-state index in [9.17, 15) is 9.18 Å². The van der Waals surface area contributed by atoms with Crippen LogP contribution in [0, 0.1) is 5.82 Å². The lowest BCUT2D eigenvalue weighted by Crippen LogP contribution is -2.45. The van der Waals surface area contributed by atoms with Crippen LogP contribution in [0.25, 0.3) is 0 Å². The van der Waals surface area contributed by atoms with Crippen molar-refractivity contribution < 1.29 is 9.18 Å². The Balaban J connectivity index is 1.97. The van der Waals surface area contributed by atoms with Crippen LogP contribution < -0.4 is 16.0 Å². The summed E-state index contributed by atoms with van der Waals surface area (Å²) in [5.74, 6) is -0.921. The molecule has 1 unspecified atom stereocenters. The molecular formula is C18H15ClFN3OS. The van der Waals surface area contributed by atoms with E-state index in [1.807, 2.05) is 6.07 Å². The number of para-hydroxylation sites is 1. The first kappa shape index (κ1) is 17.4. The van der Waals surface area contributed by atoms with Crippen molar-refractivity contribution in [2.24, 2.45) is 0 Å². The molecule has 2 aromatic rings. The van der Waals surface area contributed by atoms with Gasteiger partial charge in [-0.3, -0.25) is 4.79 Å². The third-order valence-corrected chi connectivity index (χ3v) is 4.27. The van der Waals surface area contributed by atoms with Gasteiger partial charge in [-0.25, -0.2) is 4.39 Å². The van der Waals surface area contributed by atoms with E-state index in [-0.39, 0.29) is 5.69 Å². The summed E-state index contributed by atoms with van der Waals surface area (Å²) in [6.07, 6.45) is 0. The van der Waals surface area contributed by atoms with E-state index in [0.29, 0.717) is 21.4 Å². The van der Waals surface area contributed by atoms with Gasteiger partial charge in [0.05, 0.1) is 17.3 Å². The largest absolute Gasteiger partial charge is 0.351 e. The SMILES string of the molecule is CC1=C(C(=O)Nc2ccccc2F)C(c2cccc(Cl)c2)NC(=S)N1. The zero-order valence-corrected chi connectivity index (χ0v) is 14.8. The number of hydrogen-bond acceptors (Lipinski definition) is 2. The molecule has 1 aliphatic rings. The number of amides is 1. The number of rotatable bonds is 3.